The van der Waals surface area contributed by atoms with E-state index in [1.807, 2.05) is 6.07 Å². The normalized spacial score (nSPS) is 10.2. The van der Waals surface area contributed by atoms with Crippen LogP contribution in [0, 0.1) is 12.7 Å². The van der Waals surface area contributed by atoms with Crippen molar-refractivity contribution in [2.45, 2.75) is 19.8 Å². The number of halogens is 1. The quantitative estimate of drug-likeness (QED) is 0.732. The standard InChI is InChI=1S/C10H13FO/c1-8-9(5-3-7-12)4-2-6-10(8)11/h2,4,6,12H,3,5,7H2,1H3. The first-order valence-corrected chi connectivity index (χ1v) is 4.10. The molecule has 0 saturated carbocycles. The van der Waals surface area contributed by atoms with E-state index in [9.17, 15) is 4.39 Å². The van der Waals surface area contributed by atoms with Crippen LogP contribution in [0.1, 0.15) is 17.5 Å². The molecule has 1 N–H and O–H groups in total. The maximum Gasteiger partial charge on any atom is 0.126 e. The van der Waals surface area contributed by atoms with Gasteiger partial charge in [0.1, 0.15) is 5.82 Å². The minimum absolute atomic E-state index is 0.162. The van der Waals surface area contributed by atoms with Gasteiger partial charge in [0, 0.05) is 6.61 Å². The van der Waals surface area contributed by atoms with Gasteiger partial charge >= 0.3 is 0 Å². The van der Waals surface area contributed by atoms with Crippen molar-refractivity contribution in [1.29, 1.82) is 0 Å². The molecule has 0 amide bonds. The molecule has 0 unspecified atom stereocenters. The van der Waals surface area contributed by atoms with Gasteiger partial charge in [-0.1, -0.05) is 12.1 Å². The Hall–Kier alpha value is -0.890. The molecular formula is C10H13FO. The van der Waals surface area contributed by atoms with Crippen LogP contribution < -0.4 is 0 Å². The third-order valence-electron chi connectivity index (χ3n) is 1.98. The number of aliphatic hydroxyl groups is 1. The van der Waals surface area contributed by atoms with Crippen molar-refractivity contribution in [1.82, 2.24) is 0 Å². The van der Waals surface area contributed by atoms with Gasteiger partial charge in [-0.25, -0.2) is 4.39 Å². The van der Waals surface area contributed by atoms with E-state index in [0.29, 0.717) is 12.0 Å². The summed E-state index contributed by atoms with van der Waals surface area (Å²) < 4.78 is 12.9. The second kappa shape index (κ2) is 4.21. The molecule has 0 fully saturated rings. The third-order valence-corrected chi connectivity index (χ3v) is 1.98. The molecule has 0 aliphatic carbocycles. The van der Waals surface area contributed by atoms with Gasteiger partial charge in [-0.2, -0.15) is 0 Å². The summed E-state index contributed by atoms with van der Waals surface area (Å²) in [4.78, 5) is 0. The number of aliphatic hydroxyl groups excluding tert-OH is 1. The molecule has 0 spiro atoms. The summed E-state index contributed by atoms with van der Waals surface area (Å²) in [5, 5.41) is 8.59. The van der Waals surface area contributed by atoms with Gasteiger partial charge in [0.25, 0.3) is 0 Å². The van der Waals surface area contributed by atoms with Crippen molar-refractivity contribution in [2.24, 2.45) is 0 Å². The fraction of sp³-hybridized carbons (Fsp3) is 0.400. The van der Waals surface area contributed by atoms with Gasteiger partial charge < -0.3 is 5.11 Å². The fourth-order valence-electron chi connectivity index (χ4n) is 1.19. The molecule has 2 heteroatoms. The molecule has 1 aromatic carbocycles. The van der Waals surface area contributed by atoms with Gasteiger partial charge in [-0.3, -0.25) is 0 Å². The summed E-state index contributed by atoms with van der Waals surface area (Å²) in [6, 6.07) is 5.06. The van der Waals surface area contributed by atoms with Gasteiger partial charge in [0.05, 0.1) is 0 Å². The number of aryl methyl sites for hydroxylation is 1. The predicted octanol–water partition coefficient (Wildman–Crippen LogP) is 2.06. The van der Waals surface area contributed by atoms with E-state index in [-0.39, 0.29) is 12.4 Å². The number of rotatable bonds is 3. The topological polar surface area (TPSA) is 20.2 Å². The average Bonchev–Trinajstić information content (AvgIpc) is 2.08. The first kappa shape index (κ1) is 9.20. The van der Waals surface area contributed by atoms with E-state index in [4.69, 9.17) is 5.11 Å². The Morgan fingerprint density at radius 1 is 1.42 bits per heavy atom. The Kier molecular flexibility index (Phi) is 3.23. The summed E-state index contributed by atoms with van der Waals surface area (Å²) in [6.45, 7) is 1.93. The Morgan fingerprint density at radius 2 is 2.17 bits per heavy atom. The number of hydrogen-bond acceptors (Lipinski definition) is 1. The molecule has 0 saturated heterocycles. The van der Waals surface area contributed by atoms with E-state index < -0.39 is 0 Å². The highest BCUT2D eigenvalue weighted by Crippen LogP contribution is 2.13. The average molecular weight is 168 g/mol. The summed E-state index contributed by atoms with van der Waals surface area (Å²) in [5.41, 5.74) is 1.69. The van der Waals surface area contributed by atoms with Crippen LogP contribution in [0.5, 0.6) is 0 Å². The van der Waals surface area contributed by atoms with Crippen molar-refractivity contribution in [3.63, 3.8) is 0 Å². The van der Waals surface area contributed by atoms with Crippen molar-refractivity contribution >= 4 is 0 Å². The molecule has 12 heavy (non-hydrogen) atoms. The van der Waals surface area contributed by atoms with Crippen LogP contribution in [0.15, 0.2) is 18.2 Å². The zero-order valence-electron chi connectivity index (χ0n) is 7.18. The molecule has 0 heterocycles. The fourth-order valence-corrected chi connectivity index (χ4v) is 1.19. The highest BCUT2D eigenvalue weighted by atomic mass is 19.1. The second-order valence-electron chi connectivity index (χ2n) is 2.85. The molecule has 1 aromatic rings. The lowest BCUT2D eigenvalue weighted by Gasteiger charge is -2.04. The van der Waals surface area contributed by atoms with Crippen LogP contribution in [-0.2, 0) is 6.42 Å². The van der Waals surface area contributed by atoms with E-state index in [1.165, 1.54) is 6.07 Å². The maximum absolute atomic E-state index is 12.9. The summed E-state index contributed by atoms with van der Waals surface area (Å²) in [7, 11) is 0. The first-order chi connectivity index (χ1) is 5.75. The SMILES string of the molecule is Cc1c(F)cccc1CCCO. The van der Waals surface area contributed by atoms with Crippen molar-refractivity contribution < 1.29 is 9.50 Å². The van der Waals surface area contributed by atoms with Crippen molar-refractivity contribution in [3.05, 3.63) is 35.1 Å². The van der Waals surface area contributed by atoms with Crippen LogP contribution in [-0.4, -0.2) is 11.7 Å². The Labute approximate surface area is 71.9 Å². The summed E-state index contributed by atoms with van der Waals surface area (Å²) >= 11 is 0. The van der Waals surface area contributed by atoms with Crippen molar-refractivity contribution in [2.75, 3.05) is 6.61 Å². The second-order valence-corrected chi connectivity index (χ2v) is 2.85. The predicted molar refractivity (Wildman–Crippen MR) is 46.5 cm³/mol. The monoisotopic (exact) mass is 168 g/mol. The van der Waals surface area contributed by atoms with Crippen LogP contribution in [0.2, 0.25) is 0 Å². The molecule has 0 aliphatic heterocycles. The Bertz CT molecular complexity index is 258. The minimum atomic E-state index is -0.162. The largest absolute Gasteiger partial charge is 0.396 e. The Balaban J connectivity index is 2.78. The number of benzene rings is 1. The minimum Gasteiger partial charge on any atom is -0.396 e. The summed E-state index contributed by atoms with van der Waals surface area (Å²) in [5.74, 6) is -0.162. The van der Waals surface area contributed by atoms with Gasteiger partial charge in [0.2, 0.25) is 0 Å². The van der Waals surface area contributed by atoms with Crippen LogP contribution in [0.3, 0.4) is 0 Å². The van der Waals surface area contributed by atoms with E-state index in [1.54, 1.807) is 13.0 Å². The lowest BCUT2D eigenvalue weighted by Crippen LogP contribution is -1.94. The third kappa shape index (κ3) is 2.05. The smallest absolute Gasteiger partial charge is 0.126 e. The van der Waals surface area contributed by atoms with E-state index in [2.05, 4.69) is 0 Å². The van der Waals surface area contributed by atoms with Gasteiger partial charge in [0.15, 0.2) is 0 Å². The lowest BCUT2D eigenvalue weighted by molar-refractivity contribution is 0.288. The van der Waals surface area contributed by atoms with Gasteiger partial charge in [-0.05, 0) is 37.0 Å². The first-order valence-electron chi connectivity index (χ1n) is 4.10. The molecule has 0 bridgehead atoms. The maximum atomic E-state index is 12.9. The number of hydrogen-bond donors (Lipinski definition) is 1. The zero-order chi connectivity index (χ0) is 8.97. The van der Waals surface area contributed by atoms with Gasteiger partial charge in [-0.15, -0.1) is 0 Å². The molecule has 1 rings (SSSR count). The summed E-state index contributed by atoms with van der Waals surface area (Å²) in [6.07, 6.45) is 1.45. The lowest BCUT2D eigenvalue weighted by atomic mass is 10.0. The molecule has 0 radical (unpaired) electrons. The highest BCUT2D eigenvalue weighted by Gasteiger charge is 2.01. The molecule has 66 valence electrons. The molecule has 0 atom stereocenters. The highest BCUT2D eigenvalue weighted by molar-refractivity contribution is 5.27. The van der Waals surface area contributed by atoms with E-state index in [0.717, 1.165) is 12.0 Å². The Morgan fingerprint density at radius 3 is 2.83 bits per heavy atom. The van der Waals surface area contributed by atoms with Crippen molar-refractivity contribution in [3.8, 4) is 0 Å². The van der Waals surface area contributed by atoms with E-state index >= 15 is 0 Å². The van der Waals surface area contributed by atoms with Crippen LogP contribution >= 0.6 is 0 Å². The zero-order valence-corrected chi connectivity index (χ0v) is 7.18. The van der Waals surface area contributed by atoms with Crippen LogP contribution in [0.25, 0.3) is 0 Å². The molecule has 0 aromatic heterocycles. The molecule has 1 nitrogen and oxygen atoms in total. The molecule has 0 aliphatic rings. The molecular weight excluding hydrogens is 155 g/mol. The van der Waals surface area contributed by atoms with Crippen LogP contribution in [0.4, 0.5) is 4.39 Å².